The lowest BCUT2D eigenvalue weighted by Crippen LogP contribution is -2.38. The van der Waals surface area contributed by atoms with E-state index >= 15 is 0 Å². The summed E-state index contributed by atoms with van der Waals surface area (Å²) < 4.78 is 0. The molecule has 0 bridgehead atoms. The summed E-state index contributed by atoms with van der Waals surface area (Å²) >= 11 is 0. The van der Waals surface area contributed by atoms with Gasteiger partial charge in [-0.3, -0.25) is 0 Å². The minimum atomic E-state index is 0.268. The number of rotatable bonds is 4. The third kappa shape index (κ3) is 2.81. The predicted molar refractivity (Wildman–Crippen MR) is 153 cm³/mol. The molecule has 0 atom stereocenters. The van der Waals surface area contributed by atoms with E-state index in [9.17, 15) is 0 Å². The van der Waals surface area contributed by atoms with Crippen LogP contribution in [-0.2, 0) is 0 Å². The van der Waals surface area contributed by atoms with Crippen molar-refractivity contribution < 1.29 is 0 Å². The first-order valence-corrected chi connectivity index (χ1v) is 12.7. The van der Waals surface area contributed by atoms with E-state index in [2.05, 4.69) is 97.1 Å². The van der Waals surface area contributed by atoms with Crippen LogP contribution >= 0.6 is 0 Å². The van der Waals surface area contributed by atoms with Crippen molar-refractivity contribution in [3.63, 3.8) is 0 Å². The Hall–Kier alpha value is -3.27. The van der Waals surface area contributed by atoms with Crippen LogP contribution in [0, 0.1) is 11.8 Å². The van der Waals surface area contributed by atoms with Gasteiger partial charge in [-0.25, -0.2) is 0 Å². The van der Waals surface area contributed by atoms with E-state index in [0.29, 0.717) is 11.8 Å². The highest BCUT2D eigenvalue weighted by molar-refractivity contribution is 6.69. The lowest BCUT2D eigenvalue weighted by molar-refractivity contribution is 0.726. The Balaban J connectivity index is 1.49. The monoisotopic (exact) mass is 444 g/mol. The molecule has 168 valence electrons. The molecule has 5 aromatic rings. The molecule has 0 saturated carbocycles. The van der Waals surface area contributed by atoms with Gasteiger partial charge in [0.25, 0.3) is 0 Å². The molecule has 0 radical (unpaired) electrons. The summed E-state index contributed by atoms with van der Waals surface area (Å²) in [5.41, 5.74) is 4.98. The second-order valence-electron chi connectivity index (χ2n) is 11.1. The van der Waals surface area contributed by atoms with Gasteiger partial charge < -0.3 is 20.9 Å². The van der Waals surface area contributed by atoms with Crippen LogP contribution in [0.1, 0.15) is 27.7 Å². The smallest absolute Gasteiger partial charge is 0.370 e. The summed E-state index contributed by atoms with van der Waals surface area (Å²) in [7, 11) is 0. The Kier molecular flexibility index (Phi) is 4.21. The number of hydrogen-bond acceptors (Lipinski definition) is 4. The molecule has 34 heavy (non-hydrogen) atoms. The predicted octanol–water partition coefficient (Wildman–Crippen LogP) is 7.70. The Labute approximate surface area is 201 Å². The first-order valence-electron chi connectivity index (χ1n) is 12.7. The molecule has 0 aliphatic carbocycles. The third-order valence-corrected chi connectivity index (χ3v) is 7.63. The van der Waals surface area contributed by atoms with Gasteiger partial charge in [0.05, 0.1) is 0 Å². The number of nitrogens with one attached hydrogen (secondary N) is 4. The maximum atomic E-state index is 3.77. The highest BCUT2D eigenvalue weighted by Crippen LogP contribution is 2.49. The Morgan fingerprint density at radius 2 is 0.765 bits per heavy atom. The standard InChI is InChI=1S/C28H30B2N4/c1-15(2)13-29-31-21-9-5-17-19-7-11-23-28-24(34-30(33-23)14-16(3)4)12-8-20(26(19)28)18-6-10-22(32-29)27(21)25(17)18/h5-12,15-16,31-34H,13-14H2,1-4H3. The van der Waals surface area contributed by atoms with Gasteiger partial charge in [-0.05, 0) is 70.3 Å². The zero-order valence-corrected chi connectivity index (χ0v) is 20.3. The van der Waals surface area contributed by atoms with Crippen molar-refractivity contribution in [3.8, 4) is 0 Å². The lowest BCUT2D eigenvalue weighted by atomic mass is 9.65. The lowest BCUT2D eigenvalue weighted by Gasteiger charge is -2.31. The number of benzene rings is 5. The van der Waals surface area contributed by atoms with Gasteiger partial charge in [-0.1, -0.05) is 52.0 Å². The molecular weight excluding hydrogens is 414 g/mol. The maximum Gasteiger partial charge on any atom is 0.370 e. The molecule has 2 aliphatic rings. The molecule has 0 amide bonds. The van der Waals surface area contributed by atoms with E-state index in [0.717, 1.165) is 12.6 Å². The Morgan fingerprint density at radius 3 is 1.03 bits per heavy atom. The maximum absolute atomic E-state index is 3.77. The molecule has 0 unspecified atom stereocenters. The summed E-state index contributed by atoms with van der Waals surface area (Å²) in [6.07, 6.45) is 2.19. The van der Waals surface area contributed by atoms with E-state index in [1.54, 1.807) is 0 Å². The zero-order valence-electron chi connectivity index (χ0n) is 20.3. The van der Waals surface area contributed by atoms with Crippen molar-refractivity contribution in [1.29, 1.82) is 0 Å². The molecule has 0 fully saturated rings. The van der Waals surface area contributed by atoms with Crippen LogP contribution in [0.3, 0.4) is 0 Å². The van der Waals surface area contributed by atoms with Crippen LogP contribution in [0.4, 0.5) is 22.7 Å². The van der Waals surface area contributed by atoms with Gasteiger partial charge in [0, 0.05) is 44.3 Å². The molecular formula is C28H30B2N4. The van der Waals surface area contributed by atoms with E-state index in [1.165, 1.54) is 65.8 Å². The third-order valence-electron chi connectivity index (χ3n) is 7.63. The topological polar surface area (TPSA) is 48.1 Å². The van der Waals surface area contributed by atoms with Gasteiger partial charge in [-0.2, -0.15) is 0 Å². The number of fused-ring (bicyclic) bond motifs is 2. The van der Waals surface area contributed by atoms with Crippen LogP contribution in [0.2, 0.25) is 12.6 Å². The van der Waals surface area contributed by atoms with E-state index in [-0.39, 0.29) is 14.0 Å². The number of anilines is 4. The largest absolute Gasteiger partial charge is 0.409 e. The van der Waals surface area contributed by atoms with Gasteiger partial charge in [0.2, 0.25) is 0 Å². The van der Waals surface area contributed by atoms with Crippen molar-refractivity contribution in [3.05, 3.63) is 48.5 Å². The van der Waals surface area contributed by atoms with E-state index in [4.69, 9.17) is 0 Å². The highest BCUT2D eigenvalue weighted by Gasteiger charge is 2.29. The molecule has 4 N–H and O–H groups in total. The van der Waals surface area contributed by atoms with Gasteiger partial charge in [0.1, 0.15) is 0 Å². The quantitative estimate of drug-likeness (QED) is 0.130. The minimum absolute atomic E-state index is 0.268. The van der Waals surface area contributed by atoms with Crippen LogP contribution in [-0.4, -0.2) is 14.0 Å². The highest BCUT2D eigenvalue weighted by atomic mass is 15.0. The normalized spacial score (nSPS) is 14.9. The molecule has 2 aliphatic heterocycles. The second-order valence-corrected chi connectivity index (χ2v) is 11.1. The summed E-state index contributed by atoms with van der Waals surface area (Å²) in [5, 5.41) is 25.8. The van der Waals surface area contributed by atoms with Crippen molar-refractivity contribution >= 4 is 79.8 Å². The van der Waals surface area contributed by atoms with Crippen molar-refractivity contribution in [2.75, 3.05) is 20.9 Å². The summed E-state index contributed by atoms with van der Waals surface area (Å²) in [6.45, 7) is 9.66. The fourth-order valence-corrected chi connectivity index (χ4v) is 6.37. The minimum Gasteiger partial charge on any atom is -0.409 e. The average molecular weight is 444 g/mol. The van der Waals surface area contributed by atoms with E-state index in [1.807, 2.05) is 0 Å². The second kappa shape index (κ2) is 7.11. The molecule has 0 aromatic heterocycles. The fourth-order valence-electron chi connectivity index (χ4n) is 6.37. The summed E-state index contributed by atoms with van der Waals surface area (Å²) in [5.74, 6) is 1.27. The Bertz CT molecular complexity index is 1370. The summed E-state index contributed by atoms with van der Waals surface area (Å²) in [4.78, 5) is 0. The first kappa shape index (κ1) is 20.1. The van der Waals surface area contributed by atoms with Gasteiger partial charge in [-0.15, -0.1) is 0 Å². The van der Waals surface area contributed by atoms with Crippen molar-refractivity contribution in [2.45, 2.75) is 40.3 Å². The molecule has 0 spiro atoms. The first-order chi connectivity index (χ1) is 16.5. The van der Waals surface area contributed by atoms with E-state index < -0.39 is 0 Å². The van der Waals surface area contributed by atoms with Gasteiger partial charge in [0.15, 0.2) is 0 Å². The molecule has 4 nitrogen and oxygen atoms in total. The van der Waals surface area contributed by atoms with Crippen LogP contribution < -0.4 is 20.9 Å². The van der Waals surface area contributed by atoms with Crippen LogP contribution in [0.25, 0.3) is 43.1 Å². The van der Waals surface area contributed by atoms with Crippen LogP contribution in [0.15, 0.2) is 48.5 Å². The molecule has 2 heterocycles. The molecule has 5 aromatic carbocycles. The summed E-state index contributed by atoms with van der Waals surface area (Å²) in [6, 6.07) is 18.5. The van der Waals surface area contributed by atoms with Gasteiger partial charge >= 0.3 is 14.0 Å². The Morgan fingerprint density at radius 1 is 0.471 bits per heavy atom. The zero-order chi connectivity index (χ0) is 23.1. The average Bonchev–Trinajstić information content (AvgIpc) is 2.80. The van der Waals surface area contributed by atoms with Crippen LogP contribution in [0.5, 0.6) is 0 Å². The molecule has 6 heteroatoms. The van der Waals surface area contributed by atoms with Crippen molar-refractivity contribution in [2.24, 2.45) is 11.8 Å². The molecule has 0 saturated heterocycles. The number of hydrogen-bond donors (Lipinski definition) is 4. The SMILES string of the molecule is CC(C)CB1Nc2ccc3c4ccc5c6c(ccc(c7ccc(c2c37)N1)c64)NB(CC(C)C)N5. The molecule has 7 rings (SSSR count). The van der Waals surface area contributed by atoms with Crippen molar-refractivity contribution in [1.82, 2.24) is 0 Å². The fraction of sp³-hybridized carbons (Fsp3) is 0.286.